The fourth-order valence-corrected chi connectivity index (χ4v) is 9.12. The number of rotatable bonds is 14. The van der Waals surface area contributed by atoms with Gasteiger partial charge in [0.2, 0.25) is 0 Å². The summed E-state index contributed by atoms with van der Waals surface area (Å²) >= 11 is 1.62. The van der Waals surface area contributed by atoms with Crippen molar-refractivity contribution < 1.29 is 35.9 Å². The van der Waals surface area contributed by atoms with Crippen molar-refractivity contribution in [1.29, 1.82) is 0 Å². The maximum Gasteiger partial charge on any atom is 0.321 e. The molecule has 0 amide bonds. The number of carbonyl (C=O) groups is 1. The third kappa shape index (κ3) is 8.07. The van der Waals surface area contributed by atoms with E-state index in [0.29, 0.717) is 12.5 Å². The molecule has 2 unspecified atom stereocenters. The van der Waals surface area contributed by atoms with E-state index >= 15 is 0 Å². The van der Waals surface area contributed by atoms with Gasteiger partial charge in [-0.15, -0.1) is 11.8 Å². The van der Waals surface area contributed by atoms with Gasteiger partial charge in [0.1, 0.15) is 12.4 Å². The highest BCUT2D eigenvalue weighted by atomic mass is 32.2. The third-order valence-electron chi connectivity index (χ3n) is 7.88. The van der Waals surface area contributed by atoms with E-state index in [-0.39, 0.29) is 30.6 Å². The van der Waals surface area contributed by atoms with E-state index in [9.17, 15) is 26.4 Å². The van der Waals surface area contributed by atoms with Gasteiger partial charge < -0.3 is 9.47 Å². The fraction of sp³-hybridized carbons (Fsp3) is 0.286. The van der Waals surface area contributed by atoms with Crippen LogP contribution in [0.1, 0.15) is 35.6 Å². The lowest BCUT2D eigenvalue weighted by Gasteiger charge is -2.37. The third-order valence-corrected chi connectivity index (χ3v) is 11.2. The predicted molar refractivity (Wildman–Crippen MR) is 175 cm³/mol. The van der Waals surface area contributed by atoms with Gasteiger partial charge in [0.05, 0.1) is 30.6 Å². The quantitative estimate of drug-likeness (QED) is 0.0970. The first kappa shape index (κ1) is 34.6. The summed E-state index contributed by atoms with van der Waals surface area (Å²) in [5.41, 5.74) is 2.82. The molecule has 12 heteroatoms. The summed E-state index contributed by atoms with van der Waals surface area (Å²) in [7, 11) is -4.22. The Morgan fingerprint density at radius 1 is 0.872 bits per heavy atom. The molecule has 248 valence electrons. The molecule has 1 aliphatic heterocycles. The van der Waals surface area contributed by atoms with E-state index in [1.165, 1.54) is 4.31 Å². The molecule has 0 spiro atoms. The van der Waals surface area contributed by atoms with Gasteiger partial charge >= 0.3 is 5.97 Å². The van der Waals surface area contributed by atoms with E-state index in [1.807, 2.05) is 91.0 Å². The Morgan fingerprint density at radius 2 is 1.40 bits per heavy atom. The minimum atomic E-state index is -4.22. The summed E-state index contributed by atoms with van der Waals surface area (Å²) < 4.78 is 82.3. The first-order valence-electron chi connectivity index (χ1n) is 15.1. The van der Waals surface area contributed by atoms with Crippen LogP contribution in [0.5, 0.6) is 0 Å². The van der Waals surface area contributed by atoms with Crippen molar-refractivity contribution >= 4 is 27.9 Å². The number of halogens is 3. The lowest BCUT2D eigenvalue weighted by atomic mass is 9.84. The number of ether oxygens (including phenoxy) is 2. The average Bonchev–Trinajstić information content (AvgIpc) is 3.50. The molecule has 7 nitrogen and oxygen atoms in total. The largest absolute Gasteiger partial charge is 0.465 e. The molecular formula is C35H35F3N2O5S2. The predicted octanol–water partition coefficient (Wildman–Crippen LogP) is 6.19. The molecule has 1 fully saturated rings. The fourth-order valence-electron chi connectivity index (χ4n) is 5.77. The van der Waals surface area contributed by atoms with Gasteiger partial charge in [-0.3, -0.25) is 4.79 Å². The van der Waals surface area contributed by atoms with Crippen LogP contribution in [0.2, 0.25) is 0 Å². The summed E-state index contributed by atoms with van der Waals surface area (Å²) in [6, 6.07) is 30.4. The maximum atomic E-state index is 14.3. The summed E-state index contributed by atoms with van der Waals surface area (Å²) in [5.74, 6) is -4.22. The van der Waals surface area contributed by atoms with E-state index in [2.05, 4.69) is 4.72 Å². The van der Waals surface area contributed by atoms with Crippen molar-refractivity contribution in [1.82, 2.24) is 9.03 Å². The maximum absolute atomic E-state index is 14.3. The van der Waals surface area contributed by atoms with E-state index < -0.39 is 57.6 Å². The van der Waals surface area contributed by atoms with Crippen LogP contribution in [0, 0.1) is 17.5 Å². The van der Waals surface area contributed by atoms with Crippen molar-refractivity contribution in [2.24, 2.45) is 0 Å². The Balaban J connectivity index is 1.47. The Bertz CT molecular complexity index is 1650. The number of carbonyl (C=O) groups excluding carboxylic acids is 1. The molecule has 0 aromatic heterocycles. The molecule has 0 bridgehead atoms. The van der Waals surface area contributed by atoms with Crippen LogP contribution in [0.25, 0.3) is 0 Å². The monoisotopic (exact) mass is 684 g/mol. The number of hydrogen-bond acceptors (Lipinski definition) is 6. The SMILES string of the molecule is CCOC(=O)CNS(=O)(=O)N1CC(SC(c2ccccc2)(c2ccccc2)c2ccccc2)CC1COCc1cc(F)c(F)cc1F. The molecule has 1 saturated heterocycles. The van der Waals surface area contributed by atoms with Gasteiger partial charge in [-0.1, -0.05) is 91.0 Å². The van der Waals surface area contributed by atoms with E-state index in [0.717, 1.165) is 22.8 Å². The number of thioether (sulfide) groups is 1. The molecule has 1 N–H and O–H groups in total. The van der Waals surface area contributed by atoms with E-state index in [4.69, 9.17) is 9.47 Å². The molecule has 5 rings (SSSR count). The zero-order valence-electron chi connectivity index (χ0n) is 25.7. The van der Waals surface area contributed by atoms with Gasteiger partial charge in [-0.2, -0.15) is 17.4 Å². The summed E-state index contributed by atoms with van der Waals surface area (Å²) in [5, 5.41) is -0.275. The Morgan fingerprint density at radius 3 is 1.94 bits per heavy atom. The standard InChI is InChI=1S/C35H35F3N2O5S2/c1-2-45-34(41)21-39-47(42,43)40-22-30(19-29(40)24-44-23-25-18-32(37)33(38)20-31(25)36)46-35(26-12-6-3-7-13-26,27-14-8-4-9-15-27)28-16-10-5-11-17-28/h3-18,20,29-30,39H,2,19,21-24H2,1H3. The second-order valence-corrected chi connectivity index (χ2v) is 14.2. The Labute approximate surface area is 277 Å². The molecule has 0 radical (unpaired) electrons. The van der Waals surface area contributed by atoms with Crippen LogP contribution >= 0.6 is 11.8 Å². The Kier molecular flexibility index (Phi) is 11.4. The van der Waals surface area contributed by atoms with Crippen LogP contribution in [-0.4, -0.2) is 56.3 Å². The van der Waals surface area contributed by atoms with Gasteiger partial charge in [-0.05, 0) is 36.1 Å². The van der Waals surface area contributed by atoms with Crippen LogP contribution in [0.15, 0.2) is 103 Å². The highest BCUT2D eigenvalue weighted by Gasteiger charge is 2.46. The second-order valence-electron chi connectivity index (χ2n) is 11.0. The lowest BCUT2D eigenvalue weighted by molar-refractivity contribution is -0.141. The number of nitrogens with zero attached hydrogens (tertiary/aromatic N) is 1. The molecule has 4 aromatic rings. The van der Waals surface area contributed by atoms with Crippen molar-refractivity contribution in [3.63, 3.8) is 0 Å². The zero-order valence-corrected chi connectivity index (χ0v) is 27.3. The second kappa shape index (κ2) is 15.5. The zero-order chi connectivity index (χ0) is 33.4. The molecule has 1 heterocycles. The van der Waals surface area contributed by atoms with Crippen LogP contribution in [-0.2, 0) is 35.8 Å². The van der Waals surface area contributed by atoms with E-state index in [1.54, 1.807) is 18.7 Å². The molecular weight excluding hydrogens is 650 g/mol. The molecule has 47 heavy (non-hydrogen) atoms. The highest BCUT2D eigenvalue weighted by Crippen LogP contribution is 2.52. The van der Waals surface area contributed by atoms with Gasteiger partial charge in [0.25, 0.3) is 10.2 Å². The summed E-state index contributed by atoms with van der Waals surface area (Å²) in [4.78, 5) is 12.0. The van der Waals surface area contributed by atoms with Gasteiger partial charge in [-0.25, -0.2) is 13.2 Å². The Hall–Kier alpha value is -3.68. The normalized spacial score (nSPS) is 17.1. The van der Waals surface area contributed by atoms with Gasteiger partial charge in [0, 0.05) is 23.4 Å². The summed E-state index contributed by atoms with van der Waals surface area (Å²) in [6.07, 6.45) is 0.347. The molecule has 2 atom stereocenters. The number of nitrogens with one attached hydrogen (secondary N) is 1. The van der Waals surface area contributed by atoms with Crippen LogP contribution in [0.4, 0.5) is 13.2 Å². The van der Waals surface area contributed by atoms with Crippen LogP contribution in [0.3, 0.4) is 0 Å². The van der Waals surface area contributed by atoms with Crippen LogP contribution < -0.4 is 4.72 Å². The minimum absolute atomic E-state index is 0.0740. The van der Waals surface area contributed by atoms with Crippen molar-refractivity contribution in [2.45, 2.75) is 36.0 Å². The lowest BCUT2D eigenvalue weighted by Crippen LogP contribution is -2.46. The first-order chi connectivity index (χ1) is 22.6. The number of esters is 1. The first-order valence-corrected chi connectivity index (χ1v) is 17.4. The van der Waals surface area contributed by atoms with Crippen molar-refractivity contribution in [3.8, 4) is 0 Å². The topological polar surface area (TPSA) is 84.9 Å². The van der Waals surface area contributed by atoms with Gasteiger partial charge in [0.15, 0.2) is 11.6 Å². The number of hydrogen-bond donors (Lipinski definition) is 1. The highest BCUT2D eigenvalue weighted by molar-refractivity contribution is 8.01. The molecule has 0 aliphatic carbocycles. The van der Waals surface area contributed by atoms with Crippen molar-refractivity contribution in [3.05, 3.63) is 143 Å². The minimum Gasteiger partial charge on any atom is -0.465 e. The van der Waals surface area contributed by atoms with Crippen molar-refractivity contribution in [2.75, 3.05) is 26.3 Å². The smallest absolute Gasteiger partial charge is 0.321 e. The average molecular weight is 685 g/mol. The number of benzene rings is 4. The summed E-state index contributed by atoms with van der Waals surface area (Å²) in [6.45, 7) is 0.677. The molecule has 0 saturated carbocycles. The molecule has 1 aliphatic rings. The molecule has 4 aromatic carbocycles.